The van der Waals surface area contributed by atoms with E-state index in [4.69, 9.17) is 13.8 Å². The van der Waals surface area contributed by atoms with Gasteiger partial charge in [0.25, 0.3) is 0 Å². The maximum Gasteiger partial charge on any atom is 0.385 e. The average Bonchev–Trinajstić information content (AvgIpc) is 2.86. The predicted molar refractivity (Wildman–Crippen MR) is 152 cm³/mol. The summed E-state index contributed by atoms with van der Waals surface area (Å²) in [5.74, 6) is -2.45. The zero-order valence-corrected chi connectivity index (χ0v) is 24.7. The number of allylic oxidation sites excluding steroid dienone is 6. The highest BCUT2D eigenvalue weighted by molar-refractivity contribution is 7.56. The second-order valence-electron chi connectivity index (χ2n) is 9.53. The van der Waals surface area contributed by atoms with Gasteiger partial charge in [0.2, 0.25) is 0 Å². The number of unbranched alkanes of at least 4 members (excludes halogenated alkanes) is 1. The Hall–Kier alpha value is -2.47. The minimum absolute atomic E-state index is 0.0600. The van der Waals surface area contributed by atoms with Crippen molar-refractivity contribution in [1.82, 2.24) is 0 Å². The number of carbonyl (C=O) groups is 2. The van der Waals surface area contributed by atoms with Crippen molar-refractivity contribution in [2.45, 2.75) is 91.8 Å². The summed E-state index contributed by atoms with van der Waals surface area (Å²) in [6.45, 7) is 11.4. The fourth-order valence-corrected chi connectivity index (χ4v) is 5.95. The number of ether oxygens (including phenoxy) is 1. The van der Waals surface area contributed by atoms with Crippen LogP contribution < -0.4 is 0 Å². The molecular weight excluding hydrogens is 503 g/mol. The highest BCUT2D eigenvalue weighted by atomic mass is 31.2. The molecule has 1 aromatic rings. The summed E-state index contributed by atoms with van der Waals surface area (Å²) in [7, 11) is -4.37. The number of carboxylic acids is 1. The van der Waals surface area contributed by atoms with Gasteiger partial charge in [0.1, 0.15) is 0 Å². The lowest BCUT2D eigenvalue weighted by Crippen LogP contribution is -2.44. The molecular formula is C30H45O7P. The largest absolute Gasteiger partial charge is 0.478 e. The highest BCUT2D eigenvalue weighted by Crippen LogP contribution is 2.63. The summed E-state index contributed by atoms with van der Waals surface area (Å²) in [6.07, 6.45) is 11.1. The van der Waals surface area contributed by atoms with Crippen LogP contribution in [-0.2, 0) is 23.1 Å². The first-order valence-corrected chi connectivity index (χ1v) is 14.9. The Kier molecular flexibility index (Phi) is 15.2. The molecule has 0 radical (unpaired) electrons. The van der Waals surface area contributed by atoms with Crippen LogP contribution in [0.25, 0.3) is 0 Å². The minimum atomic E-state index is -4.37. The topological polar surface area (TPSA) is 99.1 Å². The number of carboxylic acid groups (broad SMARTS) is 1. The van der Waals surface area contributed by atoms with E-state index in [0.29, 0.717) is 12.8 Å². The zero-order chi connectivity index (χ0) is 28.6. The van der Waals surface area contributed by atoms with Gasteiger partial charge in [-0.1, -0.05) is 53.1 Å². The molecule has 0 heterocycles. The number of esters is 1. The van der Waals surface area contributed by atoms with Crippen LogP contribution >= 0.6 is 7.60 Å². The number of hydrogen-bond donors (Lipinski definition) is 1. The van der Waals surface area contributed by atoms with Gasteiger partial charge in [-0.15, -0.1) is 0 Å². The molecule has 0 spiro atoms. The summed E-state index contributed by atoms with van der Waals surface area (Å²) < 4.78 is 30.0. The molecule has 8 heteroatoms. The van der Waals surface area contributed by atoms with E-state index in [9.17, 15) is 19.3 Å². The fourth-order valence-electron chi connectivity index (χ4n) is 3.91. The van der Waals surface area contributed by atoms with Gasteiger partial charge < -0.3 is 18.9 Å². The first-order valence-electron chi connectivity index (χ1n) is 13.4. The number of benzene rings is 1. The van der Waals surface area contributed by atoms with Crippen LogP contribution in [0.15, 0.2) is 65.3 Å². The van der Waals surface area contributed by atoms with Crippen molar-refractivity contribution in [3.63, 3.8) is 0 Å². The second-order valence-corrected chi connectivity index (χ2v) is 11.8. The summed E-state index contributed by atoms with van der Waals surface area (Å²) in [6, 6.07) is 8.01. The van der Waals surface area contributed by atoms with Crippen molar-refractivity contribution in [3.05, 3.63) is 70.8 Å². The molecule has 1 atom stereocenters. The normalized spacial score (nSPS) is 14.1. The van der Waals surface area contributed by atoms with E-state index in [1.165, 1.54) is 28.9 Å². The molecule has 7 nitrogen and oxygen atoms in total. The average molecular weight is 549 g/mol. The molecule has 1 unspecified atom stereocenters. The first-order chi connectivity index (χ1) is 18.0. The Balaban J connectivity index is 2.98. The molecule has 38 heavy (non-hydrogen) atoms. The third-order valence-electron chi connectivity index (χ3n) is 5.98. The summed E-state index contributed by atoms with van der Waals surface area (Å²) in [4.78, 5) is 25.5. The van der Waals surface area contributed by atoms with Crippen molar-refractivity contribution in [2.75, 3.05) is 13.2 Å². The van der Waals surface area contributed by atoms with Gasteiger partial charge >= 0.3 is 24.9 Å². The van der Waals surface area contributed by atoms with Gasteiger partial charge in [-0.3, -0.25) is 4.57 Å². The third kappa shape index (κ3) is 10.7. The van der Waals surface area contributed by atoms with E-state index in [2.05, 4.69) is 32.9 Å². The molecule has 0 saturated heterocycles. The standard InChI is InChI=1S/C30H45O7P/c1-7-35-38(34,36-8-2)30(29(32)33,37-28(31)27-21-10-9-11-22-27)23-13-12-17-25(5)19-15-20-26(6)18-14-16-24(3)4/h9-11,16-17,20-22H,7-8,12-15,18-19,23H2,1-6H3,(H,32,33). The molecule has 0 fully saturated rings. The van der Waals surface area contributed by atoms with Gasteiger partial charge in [-0.05, 0) is 92.2 Å². The van der Waals surface area contributed by atoms with Crippen LogP contribution in [0.5, 0.6) is 0 Å². The van der Waals surface area contributed by atoms with Crippen LogP contribution in [0.2, 0.25) is 0 Å². The maximum absolute atomic E-state index is 13.8. The first kappa shape index (κ1) is 33.6. The molecule has 212 valence electrons. The van der Waals surface area contributed by atoms with E-state index < -0.39 is 24.9 Å². The van der Waals surface area contributed by atoms with Gasteiger partial charge in [-0.25, -0.2) is 9.59 Å². The van der Waals surface area contributed by atoms with E-state index in [1.54, 1.807) is 32.0 Å². The van der Waals surface area contributed by atoms with Gasteiger partial charge in [0, 0.05) is 6.42 Å². The number of carbonyl (C=O) groups excluding carboxylic acids is 1. The van der Waals surface area contributed by atoms with Gasteiger partial charge in [0.15, 0.2) is 0 Å². The molecule has 0 aliphatic rings. The Morgan fingerprint density at radius 1 is 0.868 bits per heavy atom. The van der Waals surface area contributed by atoms with Crippen molar-refractivity contribution in [1.29, 1.82) is 0 Å². The third-order valence-corrected chi connectivity index (χ3v) is 8.57. The van der Waals surface area contributed by atoms with Crippen LogP contribution in [0.4, 0.5) is 0 Å². The van der Waals surface area contributed by atoms with Crippen molar-refractivity contribution < 1.29 is 33.0 Å². The number of rotatable bonds is 18. The summed E-state index contributed by atoms with van der Waals surface area (Å²) >= 11 is 0. The Morgan fingerprint density at radius 3 is 1.89 bits per heavy atom. The molecule has 0 saturated carbocycles. The lowest BCUT2D eigenvalue weighted by Gasteiger charge is -2.34. The zero-order valence-electron chi connectivity index (χ0n) is 23.8. The minimum Gasteiger partial charge on any atom is -0.478 e. The molecule has 0 aliphatic heterocycles. The van der Waals surface area contributed by atoms with Crippen LogP contribution in [0.1, 0.15) is 96.8 Å². The van der Waals surface area contributed by atoms with Crippen molar-refractivity contribution in [2.24, 2.45) is 0 Å². The van der Waals surface area contributed by atoms with E-state index in [1.807, 2.05) is 13.0 Å². The predicted octanol–water partition coefficient (Wildman–Crippen LogP) is 8.48. The lowest BCUT2D eigenvalue weighted by atomic mass is 10.0. The Bertz CT molecular complexity index is 1010. The summed E-state index contributed by atoms with van der Waals surface area (Å²) in [5, 5.41) is 7.78. The molecule has 0 bridgehead atoms. The maximum atomic E-state index is 13.8. The van der Waals surface area contributed by atoms with Crippen LogP contribution in [0.3, 0.4) is 0 Å². The molecule has 0 aromatic heterocycles. The number of aliphatic carboxylic acids is 1. The van der Waals surface area contributed by atoms with Crippen LogP contribution in [0, 0.1) is 0 Å². The molecule has 1 N–H and O–H groups in total. The quantitative estimate of drug-likeness (QED) is 0.0850. The van der Waals surface area contributed by atoms with Crippen LogP contribution in [-0.4, -0.2) is 35.6 Å². The van der Waals surface area contributed by atoms with E-state index >= 15 is 0 Å². The van der Waals surface area contributed by atoms with Crippen molar-refractivity contribution >= 4 is 19.5 Å². The smallest absolute Gasteiger partial charge is 0.385 e. The number of hydrogen-bond acceptors (Lipinski definition) is 6. The summed E-state index contributed by atoms with van der Waals surface area (Å²) in [5.41, 5.74) is 4.03. The lowest BCUT2D eigenvalue weighted by molar-refractivity contribution is -0.153. The highest BCUT2D eigenvalue weighted by Gasteiger charge is 2.60. The molecule has 1 rings (SSSR count). The molecule has 1 aromatic carbocycles. The van der Waals surface area contributed by atoms with Gasteiger partial charge in [-0.2, -0.15) is 0 Å². The molecule has 0 amide bonds. The second kappa shape index (κ2) is 17.2. The van der Waals surface area contributed by atoms with E-state index in [0.717, 1.165) is 25.7 Å². The molecule has 0 aliphatic carbocycles. The SMILES string of the molecule is CCOP(=O)(OCC)C(CCCC=C(C)CCC=C(C)CCC=C(C)C)(OC(=O)c1ccccc1)C(=O)O. The monoisotopic (exact) mass is 548 g/mol. The van der Waals surface area contributed by atoms with Gasteiger partial charge in [0.05, 0.1) is 18.8 Å². The van der Waals surface area contributed by atoms with E-state index in [-0.39, 0.29) is 25.2 Å². The Labute approximate surface area is 228 Å². The fraction of sp³-hybridized carbons (Fsp3) is 0.533. The Morgan fingerprint density at radius 2 is 1.39 bits per heavy atom. The van der Waals surface area contributed by atoms with Crippen molar-refractivity contribution in [3.8, 4) is 0 Å².